The van der Waals surface area contributed by atoms with E-state index in [0.29, 0.717) is 10.7 Å². The molecule has 0 unspecified atom stereocenters. The lowest BCUT2D eigenvalue weighted by Crippen LogP contribution is -2.17. The number of rotatable bonds is 4. The lowest BCUT2D eigenvalue weighted by molar-refractivity contribution is 0.0460. The van der Waals surface area contributed by atoms with E-state index in [0.717, 1.165) is 11.4 Å². The molecule has 0 aliphatic heterocycles. The van der Waals surface area contributed by atoms with Crippen LogP contribution in [0.2, 0.25) is 0 Å². The molecule has 112 valence electrons. The van der Waals surface area contributed by atoms with Crippen LogP contribution < -0.4 is 5.56 Å². The van der Waals surface area contributed by atoms with Crippen molar-refractivity contribution in [1.29, 1.82) is 0 Å². The highest BCUT2D eigenvalue weighted by Gasteiger charge is 2.12. The van der Waals surface area contributed by atoms with Gasteiger partial charge in [-0.25, -0.2) is 14.8 Å². The lowest BCUT2D eigenvalue weighted by atomic mass is 10.4. The fourth-order valence-corrected chi connectivity index (χ4v) is 2.59. The zero-order valence-electron chi connectivity index (χ0n) is 11.6. The smallest absolute Gasteiger partial charge is 0.358 e. The van der Waals surface area contributed by atoms with Gasteiger partial charge in [0.15, 0.2) is 5.69 Å². The van der Waals surface area contributed by atoms with Gasteiger partial charge in [-0.1, -0.05) is 18.3 Å². The lowest BCUT2D eigenvalue weighted by Gasteiger charge is -2.03. The van der Waals surface area contributed by atoms with Crippen molar-refractivity contribution in [3.63, 3.8) is 0 Å². The zero-order valence-corrected chi connectivity index (χ0v) is 12.4. The molecule has 3 aromatic rings. The Labute approximate surface area is 128 Å². The number of carbonyl (C=O) groups excluding carboxylic acids is 1. The van der Waals surface area contributed by atoms with E-state index in [1.165, 1.54) is 40.5 Å². The second kappa shape index (κ2) is 5.98. The SMILES string of the molecule is CCc1nn2c(=O)cc(COC(=O)c3cnccn3)nc2s1. The van der Waals surface area contributed by atoms with E-state index in [1.807, 2.05) is 6.92 Å². The van der Waals surface area contributed by atoms with Gasteiger partial charge in [0.05, 0.1) is 11.9 Å². The normalized spacial score (nSPS) is 10.8. The number of hydrogen-bond donors (Lipinski definition) is 0. The van der Waals surface area contributed by atoms with Crippen molar-refractivity contribution in [2.24, 2.45) is 0 Å². The minimum atomic E-state index is -0.617. The molecule has 3 heterocycles. The highest BCUT2D eigenvalue weighted by atomic mass is 32.1. The minimum absolute atomic E-state index is 0.103. The molecular formula is C13H11N5O3S. The number of esters is 1. The van der Waals surface area contributed by atoms with Crippen LogP contribution in [-0.4, -0.2) is 30.5 Å². The summed E-state index contributed by atoms with van der Waals surface area (Å²) >= 11 is 1.33. The molecule has 0 amide bonds. The van der Waals surface area contributed by atoms with Gasteiger partial charge in [0.2, 0.25) is 4.96 Å². The fraction of sp³-hybridized carbons (Fsp3) is 0.231. The van der Waals surface area contributed by atoms with Crippen molar-refractivity contribution >= 4 is 22.3 Å². The molecule has 0 aromatic carbocycles. The number of hydrogen-bond acceptors (Lipinski definition) is 8. The van der Waals surface area contributed by atoms with Crippen LogP contribution in [0.5, 0.6) is 0 Å². The molecule has 3 aromatic heterocycles. The summed E-state index contributed by atoms with van der Waals surface area (Å²) in [4.78, 5) is 36.1. The third-order valence-electron chi connectivity index (χ3n) is 2.77. The van der Waals surface area contributed by atoms with Gasteiger partial charge in [0.25, 0.3) is 5.56 Å². The van der Waals surface area contributed by atoms with Gasteiger partial charge in [-0.15, -0.1) is 0 Å². The molecule has 0 atom stereocenters. The Hall–Kier alpha value is -2.68. The van der Waals surface area contributed by atoms with E-state index >= 15 is 0 Å². The molecule has 0 saturated heterocycles. The molecule has 0 saturated carbocycles. The average Bonchev–Trinajstić information content (AvgIpc) is 2.97. The molecule has 0 spiro atoms. The molecule has 0 radical (unpaired) electrons. The monoisotopic (exact) mass is 317 g/mol. The number of aromatic nitrogens is 5. The first kappa shape index (κ1) is 14.3. The van der Waals surface area contributed by atoms with Crippen molar-refractivity contribution in [2.45, 2.75) is 20.0 Å². The highest BCUT2D eigenvalue weighted by Crippen LogP contribution is 2.12. The maximum Gasteiger partial charge on any atom is 0.358 e. The van der Waals surface area contributed by atoms with Crippen LogP contribution in [0, 0.1) is 0 Å². The molecule has 0 N–H and O–H groups in total. The molecule has 0 aliphatic carbocycles. The van der Waals surface area contributed by atoms with E-state index in [2.05, 4.69) is 20.1 Å². The van der Waals surface area contributed by atoms with Crippen molar-refractivity contribution in [1.82, 2.24) is 24.6 Å². The summed E-state index contributed by atoms with van der Waals surface area (Å²) in [6.45, 7) is 1.84. The van der Waals surface area contributed by atoms with Crippen LogP contribution in [-0.2, 0) is 17.8 Å². The van der Waals surface area contributed by atoms with Crippen molar-refractivity contribution in [3.8, 4) is 0 Å². The predicted molar refractivity (Wildman–Crippen MR) is 77.7 cm³/mol. The van der Waals surface area contributed by atoms with E-state index in [-0.39, 0.29) is 17.9 Å². The van der Waals surface area contributed by atoms with Crippen LogP contribution in [0.15, 0.2) is 29.5 Å². The number of fused-ring (bicyclic) bond motifs is 1. The first-order valence-corrected chi connectivity index (χ1v) is 7.31. The van der Waals surface area contributed by atoms with Gasteiger partial charge < -0.3 is 4.74 Å². The minimum Gasteiger partial charge on any atom is -0.454 e. The Kier molecular flexibility index (Phi) is 3.88. The summed E-state index contributed by atoms with van der Waals surface area (Å²) in [5.41, 5.74) is 0.173. The van der Waals surface area contributed by atoms with Crippen molar-refractivity contribution in [2.75, 3.05) is 0 Å². The summed E-state index contributed by atoms with van der Waals surface area (Å²) in [6.07, 6.45) is 4.90. The fourth-order valence-electron chi connectivity index (χ4n) is 1.73. The van der Waals surface area contributed by atoms with Crippen LogP contribution in [0.25, 0.3) is 4.96 Å². The third kappa shape index (κ3) is 2.84. The number of aryl methyl sites for hydroxylation is 1. The van der Waals surface area contributed by atoms with Crippen molar-refractivity contribution < 1.29 is 9.53 Å². The first-order valence-electron chi connectivity index (χ1n) is 6.49. The molecule has 22 heavy (non-hydrogen) atoms. The standard InChI is InChI=1S/C13H11N5O3S/c1-2-10-17-18-11(19)5-8(16-13(18)22-10)7-21-12(20)9-6-14-3-4-15-9/h3-6H,2,7H2,1H3. The summed E-state index contributed by atoms with van der Waals surface area (Å²) in [5.74, 6) is -0.617. The zero-order chi connectivity index (χ0) is 15.5. The van der Waals surface area contributed by atoms with E-state index in [1.54, 1.807) is 0 Å². The second-order valence-corrected chi connectivity index (χ2v) is 5.34. The number of nitrogens with zero attached hydrogens (tertiary/aromatic N) is 5. The molecule has 3 rings (SSSR count). The van der Waals surface area contributed by atoms with Gasteiger partial charge in [-0.3, -0.25) is 9.78 Å². The molecule has 0 bridgehead atoms. The summed E-state index contributed by atoms with van der Waals surface area (Å²) in [7, 11) is 0. The van der Waals surface area contributed by atoms with Gasteiger partial charge in [-0.05, 0) is 6.42 Å². The molecule has 9 heteroatoms. The van der Waals surface area contributed by atoms with Crippen LogP contribution >= 0.6 is 11.3 Å². The Morgan fingerprint density at radius 3 is 3.00 bits per heavy atom. The van der Waals surface area contributed by atoms with Gasteiger partial charge in [0, 0.05) is 18.5 Å². The summed E-state index contributed by atoms with van der Waals surface area (Å²) in [6, 6.07) is 1.30. The average molecular weight is 317 g/mol. The Morgan fingerprint density at radius 1 is 1.41 bits per heavy atom. The largest absolute Gasteiger partial charge is 0.454 e. The first-order chi connectivity index (χ1) is 10.7. The quantitative estimate of drug-likeness (QED) is 0.658. The van der Waals surface area contributed by atoms with E-state index < -0.39 is 5.97 Å². The van der Waals surface area contributed by atoms with Crippen LogP contribution in [0.3, 0.4) is 0 Å². The van der Waals surface area contributed by atoms with Crippen LogP contribution in [0.4, 0.5) is 0 Å². The second-order valence-electron chi connectivity index (χ2n) is 4.30. The van der Waals surface area contributed by atoms with Crippen LogP contribution in [0.1, 0.15) is 28.1 Å². The van der Waals surface area contributed by atoms with Gasteiger partial charge in [0.1, 0.15) is 11.6 Å². The van der Waals surface area contributed by atoms with E-state index in [9.17, 15) is 9.59 Å². The third-order valence-corrected chi connectivity index (χ3v) is 3.82. The maximum atomic E-state index is 11.9. The molecule has 8 nitrogen and oxygen atoms in total. The Morgan fingerprint density at radius 2 is 2.27 bits per heavy atom. The Balaban J connectivity index is 1.79. The maximum absolute atomic E-state index is 11.9. The number of ether oxygens (including phenoxy) is 1. The highest BCUT2D eigenvalue weighted by molar-refractivity contribution is 7.16. The summed E-state index contributed by atoms with van der Waals surface area (Å²) in [5, 5.41) is 4.97. The summed E-state index contributed by atoms with van der Waals surface area (Å²) < 4.78 is 6.33. The number of carbonyl (C=O) groups is 1. The molecule has 0 fully saturated rings. The van der Waals surface area contributed by atoms with E-state index in [4.69, 9.17) is 4.74 Å². The van der Waals surface area contributed by atoms with Crippen molar-refractivity contribution in [3.05, 3.63) is 51.4 Å². The Bertz CT molecular complexity index is 874. The molecule has 0 aliphatic rings. The topological polar surface area (TPSA) is 99.3 Å². The van der Waals surface area contributed by atoms with Gasteiger partial charge in [-0.2, -0.15) is 9.61 Å². The predicted octanol–water partition coefficient (Wildman–Crippen LogP) is 0.860. The molecular weight excluding hydrogens is 306 g/mol. The van der Waals surface area contributed by atoms with Gasteiger partial charge >= 0.3 is 5.97 Å².